The molecule has 1 fully saturated rings. The van der Waals surface area contributed by atoms with Gasteiger partial charge in [-0.25, -0.2) is 4.57 Å². The van der Waals surface area contributed by atoms with E-state index in [1.54, 1.807) is 7.05 Å². The number of imidazole rings is 1. The van der Waals surface area contributed by atoms with Crippen LogP contribution in [0.25, 0.3) is 11.2 Å². The van der Waals surface area contributed by atoms with E-state index in [4.69, 9.17) is 10.5 Å². The van der Waals surface area contributed by atoms with Crippen LogP contribution in [0, 0.1) is 0 Å². The van der Waals surface area contributed by atoms with Crippen molar-refractivity contribution in [2.75, 3.05) is 12.3 Å². The molecule has 1 unspecified atom stereocenters. The van der Waals surface area contributed by atoms with Gasteiger partial charge in [0.15, 0.2) is 6.33 Å². The molecule has 5 N–H and O–H groups in total. The molecular weight excluding hydrogens is 361 g/mol. The minimum atomic E-state index is -5.26. The smallest absolute Gasteiger partial charge is 0.313 e. The summed E-state index contributed by atoms with van der Waals surface area (Å²) in [5, 5.41) is 20.2. The van der Waals surface area contributed by atoms with Crippen LogP contribution in [0.4, 0.5) is 5.95 Å². The van der Waals surface area contributed by atoms with Crippen LogP contribution in [0.5, 0.6) is 0 Å². The van der Waals surface area contributed by atoms with Crippen LogP contribution in [-0.4, -0.2) is 49.7 Å². The molecule has 1 aliphatic heterocycles. The Kier molecular flexibility index (Phi) is 4.41. The quantitative estimate of drug-likeness (QED) is 0.298. The number of nitrogen functional groups attached to an aromatic ring is 1. The predicted octanol–water partition coefficient (Wildman–Crippen LogP) is -4.40. The van der Waals surface area contributed by atoms with Crippen molar-refractivity contribution in [2.45, 2.75) is 24.5 Å². The van der Waals surface area contributed by atoms with Crippen molar-refractivity contribution in [2.24, 2.45) is 7.05 Å². The molecule has 3 heterocycles. The van der Waals surface area contributed by atoms with Crippen molar-refractivity contribution < 1.29 is 38.4 Å². The molecule has 2 aromatic rings. The molecule has 1 aliphatic rings. The lowest BCUT2D eigenvalue weighted by Crippen LogP contribution is -2.46. The highest BCUT2D eigenvalue weighted by atomic mass is 31.2. The highest BCUT2D eigenvalue weighted by molar-refractivity contribution is 7.43. The summed E-state index contributed by atoms with van der Waals surface area (Å²) >= 11 is 0. The van der Waals surface area contributed by atoms with Gasteiger partial charge in [-0.2, -0.15) is 0 Å². The first-order valence-electron chi connectivity index (χ1n) is 7.02. The van der Waals surface area contributed by atoms with Crippen LogP contribution < -0.4 is 25.6 Å². The van der Waals surface area contributed by atoms with E-state index >= 15 is 0 Å². The van der Waals surface area contributed by atoms with Gasteiger partial charge in [-0.05, 0) is 0 Å². The third-order valence-electron chi connectivity index (χ3n) is 3.80. The number of nitrogens with zero attached hydrogens (tertiary/aromatic N) is 3. The number of fused-ring (bicyclic) bond motifs is 1. The summed E-state index contributed by atoms with van der Waals surface area (Å²) in [6.07, 6.45) is -4.12. The molecule has 13 nitrogen and oxygen atoms in total. The molecule has 0 spiro atoms. The van der Waals surface area contributed by atoms with Crippen LogP contribution in [0.1, 0.15) is 6.23 Å². The number of H-pyrrole nitrogens is 1. The fourth-order valence-corrected chi connectivity index (χ4v) is 3.05. The zero-order valence-electron chi connectivity index (χ0n) is 12.8. The van der Waals surface area contributed by atoms with Crippen molar-refractivity contribution in [3.8, 4) is 0 Å². The zero-order valence-corrected chi connectivity index (χ0v) is 13.7. The van der Waals surface area contributed by atoms with Gasteiger partial charge >= 0.3 is 5.65 Å². The summed E-state index contributed by atoms with van der Waals surface area (Å²) in [7, 11) is -3.71. The normalized spacial score (nSPS) is 27.2. The Hall–Kier alpha value is -1.86. The van der Waals surface area contributed by atoms with E-state index in [0.29, 0.717) is 0 Å². The van der Waals surface area contributed by atoms with Crippen LogP contribution in [0.3, 0.4) is 0 Å². The van der Waals surface area contributed by atoms with E-state index in [9.17, 15) is 29.4 Å². The van der Waals surface area contributed by atoms with Gasteiger partial charge in [0.2, 0.25) is 11.7 Å². The average molecular weight is 376 g/mol. The van der Waals surface area contributed by atoms with E-state index in [1.807, 2.05) is 0 Å². The summed E-state index contributed by atoms with van der Waals surface area (Å²) < 4.78 is 22.7. The summed E-state index contributed by atoms with van der Waals surface area (Å²) in [4.78, 5) is 39.4. The molecule has 0 saturated carbocycles. The standard InChI is InChI=1S/C11H16N5O8P/c1-15-3-16(8-5(15)9(19)14-11(12)13-8)10-7(18)6(17)4(24-10)2-23-25(20,21)22/h3-4,6-7,10,17-18H,2H2,1H3,(H4-,12,13,14,19,20,21,22)/p-1/t4-,6-,7-,10?/m1/s1. The maximum Gasteiger partial charge on any atom is 0.313 e. The Morgan fingerprint density at radius 2 is 2.20 bits per heavy atom. The molecule has 25 heavy (non-hydrogen) atoms. The summed E-state index contributed by atoms with van der Waals surface area (Å²) in [5.41, 5.74) is 5.23. The van der Waals surface area contributed by atoms with E-state index < -0.39 is 44.5 Å². The Bertz CT molecular complexity index is 906. The summed E-state index contributed by atoms with van der Waals surface area (Å²) in [6.45, 7) is -0.763. The first-order chi connectivity index (χ1) is 11.6. The van der Waals surface area contributed by atoms with Gasteiger partial charge in [0, 0.05) is 0 Å². The van der Waals surface area contributed by atoms with E-state index in [2.05, 4.69) is 14.5 Å². The molecule has 0 aromatic carbocycles. The maximum absolute atomic E-state index is 12.0. The minimum absolute atomic E-state index is 0.0832. The summed E-state index contributed by atoms with van der Waals surface area (Å²) in [5.74, 6) is -0.163. The lowest BCUT2D eigenvalue weighted by molar-refractivity contribution is -0.745. The van der Waals surface area contributed by atoms with Gasteiger partial charge in [-0.3, -0.25) is 14.3 Å². The number of aliphatic hydroxyl groups excluding tert-OH is 2. The molecule has 1 saturated heterocycles. The molecule has 0 aliphatic carbocycles. The van der Waals surface area contributed by atoms with Gasteiger partial charge in [0.1, 0.15) is 18.3 Å². The molecule has 4 atom stereocenters. The second-order valence-corrected chi connectivity index (χ2v) is 6.70. The van der Waals surface area contributed by atoms with Crippen molar-refractivity contribution in [3.05, 3.63) is 16.7 Å². The molecule has 2 aromatic heterocycles. The highest BCUT2D eigenvalue weighted by Crippen LogP contribution is 2.31. The van der Waals surface area contributed by atoms with Crippen molar-refractivity contribution in [1.29, 1.82) is 0 Å². The van der Waals surface area contributed by atoms with Crippen molar-refractivity contribution in [1.82, 2.24) is 14.5 Å². The molecule has 14 heteroatoms. The van der Waals surface area contributed by atoms with Gasteiger partial charge in [0.05, 0.1) is 21.5 Å². The fourth-order valence-electron chi connectivity index (χ4n) is 2.72. The Labute approximate surface area is 139 Å². The fraction of sp³-hybridized carbons (Fsp3) is 0.545. The van der Waals surface area contributed by atoms with E-state index in [-0.39, 0.29) is 17.1 Å². The van der Waals surface area contributed by atoms with Crippen LogP contribution in [0.15, 0.2) is 11.1 Å². The molecule has 0 amide bonds. The third-order valence-corrected chi connectivity index (χ3v) is 4.26. The Morgan fingerprint density at radius 1 is 1.52 bits per heavy atom. The molecule has 3 rings (SSSR count). The predicted molar refractivity (Wildman–Crippen MR) is 75.4 cm³/mol. The number of ether oxygens (including phenoxy) is 1. The van der Waals surface area contributed by atoms with Crippen LogP contribution in [0.2, 0.25) is 0 Å². The number of phosphoric ester groups is 1. The molecule has 0 bridgehead atoms. The monoisotopic (exact) mass is 376 g/mol. The number of aliphatic hydroxyl groups is 2. The number of rotatable bonds is 4. The average Bonchev–Trinajstić information content (AvgIpc) is 2.95. The minimum Gasteiger partial charge on any atom is -0.790 e. The maximum atomic E-state index is 12.0. The van der Waals surface area contributed by atoms with Crippen LogP contribution >= 0.6 is 7.82 Å². The number of anilines is 1. The first-order valence-corrected chi connectivity index (χ1v) is 8.48. The number of aromatic nitrogens is 4. The number of hydrogen-bond donors (Lipinski definition) is 4. The zero-order chi connectivity index (χ0) is 18.5. The van der Waals surface area contributed by atoms with E-state index in [0.717, 1.165) is 0 Å². The van der Waals surface area contributed by atoms with E-state index in [1.165, 1.54) is 15.5 Å². The second-order valence-electron chi connectivity index (χ2n) is 5.55. The number of hydrogen-bond acceptors (Lipinski definition) is 10. The second kappa shape index (κ2) is 6.14. The number of nitrogens with two attached hydrogens (primary N) is 1. The molecular formula is C11H15N5O8P-. The SMILES string of the molecule is Cn1c[n+](C2O[C@H](COP(=O)([O-])[O-])[C@@H](O)[C@H]2O)c2nc(N)[nH]c(=O)c21. The third kappa shape index (κ3) is 3.30. The number of aromatic amines is 1. The first kappa shape index (κ1) is 17.9. The van der Waals surface area contributed by atoms with Crippen molar-refractivity contribution in [3.63, 3.8) is 0 Å². The topological polar surface area (TPSA) is 203 Å². The number of aryl methyl sites for hydroxylation is 1. The van der Waals surface area contributed by atoms with Gasteiger partial charge in [-0.1, -0.05) is 4.98 Å². The lowest BCUT2D eigenvalue weighted by Gasteiger charge is -2.30. The number of nitrogens with one attached hydrogen (secondary N) is 1. The van der Waals surface area contributed by atoms with Gasteiger partial charge < -0.3 is 39.6 Å². The van der Waals surface area contributed by atoms with Crippen molar-refractivity contribution >= 4 is 24.9 Å². The summed E-state index contributed by atoms with van der Waals surface area (Å²) in [6, 6.07) is 0. The molecule has 0 radical (unpaired) electrons. The Morgan fingerprint density at radius 3 is 2.84 bits per heavy atom. The largest absolute Gasteiger partial charge is 0.790 e. The lowest BCUT2D eigenvalue weighted by atomic mass is 10.1. The van der Waals surface area contributed by atoms with Gasteiger partial charge in [-0.15, -0.1) is 0 Å². The Balaban J connectivity index is 1.96. The molecule has 138 valence electrons. The van der Waals surface area contributed by atoms with Gasteiger partial charge in [0.25, 0.3) is 11.5 Å². The highest BCUT2D eigenvalue weighted by Gasteiger charge is 2.47. The number of phosphoric acid groups is 1. The van der Waals surface area contributed by atoms with Crippen LogP contribution in [-0.2, 0) is 20.9 Å².